The van der Waals surface area contributed by atoms with Crippen molar-refractivity contribution in [2.45, 2.75) is 25.2 Å². The van der Waals surface area contributed by atoms with Gasteiger partial charge in [-0.3, -0.25) is 4.79 Å². The molecule has 158 valence electrons. The molecule has 31 heavy (non-hydrogen) atoms. The largest absolute Gasteiger partial charge is 0.493 e. The van der Waals surface area contributed by atoms with E-state index in [0.29, 0.717) is 54.7 Å². The zero-order chi connectivity index (χ0) is 21.6. The van der Waals surface area contributed by atoms with Crippen LogP contribution in [0, 0.1) is 17.1 Å². The first-order valence-corrected chi connectivity index (χ1v) is 10.1. The summed E-state index contributed by atoms with van der Waals surface area (Å²) in [4.78, 5) is 19.1. The molecule has 0 aliphatic carbocycles. The molecule has 4 rings (SSSR count). The Morgan fingerprint density at radius 3 is 2.74 bits per heavy atom. The van der Waals surface area contributed by atoms with E-state index >= 15 is 0 Å². The number of benzene rings is 2. The van der Waals surface area contributed by atoms with Crippen LogP contribution >= 0.6 is 0 Å². The number of aromatic nitrogens is 2. The molecule has 7 nitrogen and oxygen atoms in total. The van der Waals surface area contributed by atoms with Gasteiger partial charge in [0, 0.05) is 25.1 Å². The molecule has 0 saturated carbocycles. The highest BCUT2D eigenvalue weighted by Gasteiger charge is 2.29. The van der Waals surface area contributed by atoms with Gasteiger partial charge in [0.25, 0.3) is 5.91 Å². The summed E-state index contributed by atoms with van der Waals surface area (Å²) in [6.07, 6.45) is 2.17. The summed E-state index contributed by atoms with van der Waals surface area (Å²) in [6, 6.07) is 14.5. The molecule has 1 aliphatic rings. The van der Waals surface area contributed by atoms with E-state index in [2.05, 4.69) is 16.2 Å². The minimum Gasteiger partial charge on any atom is -0.493 e. The summed E-state index contributed by atoms with van der Waals surface area (Å²) in [7, 11) is 0. The first kappa shape index (κ1) is 20.5. The molecule has 3 aromatic rings. The van der Waals surface area contributed by atoms with Gasteiger partial charge in [0.15, 0.2) is 5.82 Å². The van der Waals surface area contributed by atoms with Gasteiger partial charge in [-0.25, -0.2) is 4.39 Å². The van der Waals surface area contributed by atoms with E-state index in [1.165, 1.54) is 12.1 Å². The molecule has 0 bridgehead atoms. The van der Waals surface area contributed by atoms with E-state index in [0.717, 1.165) is 12.8 Å². The Balaban J connectivity index is 1.33. The molecular formula is C23H21FN4O3. The smallest absolute Gasteiger partial charge is 0.253 e. The number of carbonyl (C=O) groups is 1. The molecule has 8 heteroatoms. The van der Waals surface area contributed by atoms with Gasteiger partial charge in [-0.1, -0.05) is 5.16 Å². The number of hydrogen-bond acceptors (Lipinski definition) is 6. The molecule has 1 aliphatic heterocycles. The maximum absolute atomic E-state index is 12.9. The lowest BCUT2D eigenvalue weighted by molar-refractivity contribution is 0.0695. The lowest BCUT2D eigenvalue weighted by Gasteiger charge is -2.31. The van der Waals surface area contributed by atoms with Crippen molar-refractivity contribution in [3.05, 3.63) is 77.2 Å². The predicted octanol–water partition coefficient (Wildman–Crippen LogP) is 3.72. The average molecular weight is 420 g/mol. The van der Waals surface area contributed by atoms with Crippen molar-refractivity contribution < 1.29 is 18.4 Å². The molecule has 1 fully saturated rings. The zero-order valence-electron chi connectivity index (χ0n) is 16.8. The topological polar surface area (TPSA) is 92.2 Å². The number of amides is 1. The molecule has 0 spiro atoms. The number of nitriles is 1. The van der Waals surface area contributed by atoms with Crippen LogP contribution in [0.3, 0.4) is 0 Å². The lowest BCUT2D eigenvalue weighted by atomic mass is 9.97. The standard InChI is InChI=1S/C23H21FN4O3/c24-19-7-9-20(10-8-19)30-13-11-21-26-22(31-27-21)18-2-1-12-28(15-18)23(29)17-5-3-16(14-25)4-6-17/h3-10,18H,1-2,11-13,15H2. The first-order chi connectivity index (χ1) is 15.1. The minimum absolute atomic E-state index is 0.0182. The number of piperidine rings is 1. The lowest BCUT2D eigenvalue weighted by Crippen LogP contribution is -2.39. The second kappa shape index (κ2) is 9.39. The Bertz CT molecular complexity index is 1070. The highest BCUT2D eigenvalue weighted by Crippen LogP contribution is 2.27. The van der Waals surface area contributed by atoms with E-state index in [9.17, 15) is 9.18 Å². The van der Waals surface area contributed by atoms with Crippen LogP contribution in [0.1, 0.15) is 46.4 Å². The van der Waals surface area contributed by atoms with Gasteiger partial charge in [0.1, 0.15) is 11.6 Å². The molecule has 1 amide bonds. The van der Waals surface area contributed by atoms with E-state index in [1.807, 2.05) is 0 Å². The van der Waals surface area contributed by atoms with Crippen LogP contribution in [0.5, 0.6) is 5.75 Å². The number of hydrogen-bond donors (Lipinski definition) is 0. The quantitative estimate of drug-likeness (QED) is 0.603. The third-order valence-electron chi connectivity index (χ3n) is 5.21. The van der Waals surface area contributed by atoms with Gasteiger partial charge in [0.2, 0.25) is 5.89 Å². The van der Waals surface area contributed by atoms with Crippen molar-refractivity contribution in [3.8, 4) is 11.8 Å². The third kappa shape index (κ3) is 5.07. The summed E-state index contributed by atoms with van der Waals surface area (Å²) in [5, 5.41) is 12.9. The number of nitrogens with zero attached hydrogens (tertiary/aromatic N) is 4. The maximum atomic E-state index is 12.9. The highest BCUT2D eigenvalue weighted by molar-refractivity contribution is 5.94. The molecule has 1 unspecified atom stereocenters. The summed E-state index contributed by atoms with van der Waals surface area (Å²) >= 11 is 0. The van der Waals surface area contributed by atoms with Gasteiger partial charge in [-0.15, -0.1) is 0 Å². The van der Waals surface area contributed by atoms with E-state index in [1.54, 1.807) is 41.3 Å². The molecule has 0 N–H and O–H groups in total. The van der Waals surface area contributed by atoms with Crippen LogP contribution in [0.25, 0.3) is 0 Å². The van der Waals surface area contributed by atoms with Crippen LogP contribution in [0.15, 0.2) is 53.1 Å². The van der Waals surface area contributed by atoms with Gasteiger partial charge < -0.3 is 14.2 Å². The fraction of sp³-hybridized carbons (Fsp3) is 0.304. The monoisotopic (exact) mass is 420 g/mol. The summed E-state index contributed by atoms with van der Waals surface area (Å²) in [5.74, 6) is 1.24. The number of halogens is 1. The molecule has 2 aromatic carbocycles. The fourth-order valence-electron chi connectivity index (χ4n) is 3.56. The van der Waals surface area contributed by atoms with Crippen LogP contribution in [-0.2, 0) is 6.42 Å². The Labute approximate surface area is 179 Å². The molecule has 2 heterocycles. The van der Waals surface area contributed by atoms with Crippen molar-refractivity contribution in [1.82, 2.24) is 15.0 Å². The highest BCUT2D eigenvalue weighted by atomic mass is 19.1. The van der Waals surface area contributed by atoms with Crippen molar-refractivity contribution >= 4 is 5.91 Å². The van der Waals surface area contributed by atoms with Gasteiger partial charge >= 0.3 is 0 Å². The van der Waals surface area contributed by atoms with Crippen molar-refractivity contribution in [3.63, 3.8) is 0 Å². The SMILES string of the molecule is N#Cc1ccc(C(=O)N2CCCC(c3nc(CCOc4ccc(F)cc4)no3)C2)cc1. The van der Waals surface area contributed by atoms with Gasteiger partial charge in [-0.05, 0) is 61.4 Å². The van der Waals surface area contributed by atoms with E-state index in [4.69, 9.17) is 14.5 Å². The normalized spacial score (nSPS) is 16.0. The Morgan fingerprint density at radius 2 is 2.00 bits per heavy atom. The second-order valence-corrected chi connectivity index (χ2v) is 7.38. The Morgan fingerprint density at radius 1 is 1.23 bits per heavy atom. The third-order valence-corrected chi connectivity index (χ3v) is 5.21. The average Bonchev–Trinajstić information content (AvgIpc) is 3.29. The molecule has 1 saturated heterocycles. The number of carbonyl (C=O) groups excluding carboxylic acids is 1. The first-order valence-electron chi connectivity index (χ1n) is 10.1. The zero-order valence-corrected chi connectivity index (χ0v) is 16.8. The Hall–Kier alpha value is -3.73. The minimum atomic E-state index is -0.311. The predicted molar refractivity (Wildman–Crippen MR) is 109 cm³/mol. The fourth-order valence-corrected chi connectivity index (χ4v) is 3.56. The van der Waals surface area contributed by atoms with Crippen molar-refractivity contribution in [2.24, 2.45) is 0 Å². The van der Waals surface area contributed by atoms with Crippen LogP contribution in [-0.4, -0.2) is 40.6 Å². The van der Waals surface area contributed by atoms with Crippen LogP contribution in [0.2, 0.25) is 0 Å². The second-order valence-electron chi connectivity index (χ2n) is 7.38. The number of ether oxygens (including phenoxy) is 1. The van der Waals surface area contributed by atoms with Crippen molar-refractivity contribution in [1.29, 1.82) is 5.26 Å². The molecule has 1 atom stereocenters. The number of likely N-dealkylation sites (tertiary alicyclic amines) is 1. The maximum Gasteiger partial charge on any atom is 0.253 e. The van der Waals surface area contributed by atoms with Gasteiger partial charge in [-0.2, -0.15) is 10.2 Å². The molecule has 0 radical (unpaired) electrons. The summed E-state index contributed by atoms with van der Waals surface area (Å²) < 4.78 is 24.0. The van der Waals surface area contributed by atoms with E-state index < -0.39 is 0 Å². The summed E-state index contributed by atoms with van der Waals surface area (Å²) in [6.45, 7) is 1.52. The Kier molecular flexibility index (Phi) is 6.22. The summed E-state index contributed by atoms with van der Waals surface area (Å²) in [5.41, 5.74) is 1.08. The number of rotatable bonds is 6. The molecular weight excluding hydrogens is 399 g/mol. The van der Waals surface area contributed by atoms with Crippen molar-refractivity contribution in [2.75, 3.05) is 19.7 Å². The molecule has 1 aromatic heterocycles. The van der Waals surface area contributed by atoms with Crippen LogP contribution < -0.4 is 4.74 Å². The van der Waals surface area contributed by atoms with Crippen LogP contribution in [0.4, 0.5) is 4.39 Å². The van der Waals surface area contributed by atoms with Gasteiger partial charge in [0.05, 0.1) is 24.2 Å². The van der Waals surface area contributed by atoms with E-state index in [-0.39, 0.29) is 17.6 Å².